The van der Waals surface area contributed by atoms with Crippen LogP contribution in [0.15, 0.2) is 6.20 Å². The van der Waals surface area contributed by atoms with Crippen molar-refractivity contribution >= 4 is 5.69 Å². The van der Waals surface area contributed by atoms with Gasteiger partial charge in [0.2, 0.25) is 0 Å². The highest BCUT2D eigenvalue weighted by atomic mass is 15.0. The van der Waals surface area contributed by atoms with E-state index in [1.165, 1.54) is 44.2 Å². The fourth-order valence-corrected chi connectivity index (χ4v) is 2.61. The first-order valence-electron chi connectivity index (χ1n) is 7.19. The Morgan fingerprint density at radius 3 is 2.44 bits per heavy atom. The van der Waals surface area contributed by atoms with Gasteiger partial charge >= 0.3 is 0 Å². The van der Waals surface area contributed by atoms with Crippen molar-refractivity contribution in [2.24, 2.45) is 5.73 Å². The molecular formula is C14H22N4. The summed E-state index contributed by atoms with van der Waals surface area (Å²) in [5.41, 5.74) is 7.90. The molecule has 1 aromatic rings. The predicted octanol–water partition coefficient (Wildman–Crippen LogP) is 2.38. The highest BCUT2D eigenvalue weighted by molar-refractivity contribution is 5.48. The molecule has 18 heavy (non-hydrogen) atoms. The van der Waals surface area contributed by atoms with Gasteiger partial charge in [-0.05, 0) is 25.7 Å². The zero-order chi connectivity index (χ0) is 12.4. The minimum absolute atomic E-state index is 0.618. The van der Waals surface area contributed by atoms with Gasteiger partial charge in [0.15, 0.2) is 0 Å². The third-order valence-electron chi connectivity index (χ3n) is 4.26. The van der Waals surface area contributed by atoms with E-state index in [-0.39, 0.29) is 0 Å². The Balaban J connectivity index is 1.83. The summed E-state index contributed by atoms with van der Waals surface area (Å²) in [6.45, 7) is 1.44. The van der Waals surface area contributed by atoms with Crippen LogP contribution in [0.25, 0.3) is 0 Å². The van der Waals surface area contributed by atoms with Crippen LogP contribution in [0.3, 0.4) is 0 Å². The molecule has 0 bridgehead atoms. The lowest BCUT2D eigenvalue weighted by Gasteiger charge is -2.29. The Labute approximate surface area is 108 Å². The minimum atomic E-state index is 0.618. The first-order chi connectivity index (χ1) is 8.88. The Hall–Kier alpha value is -1.16. The second-order valence-corrected chi connectivity index (χ2v) is 5.50. The van der Waals surface area contributed by atoms with E-state index in [2.05, 4.69) is 10.3 Å². The van der Waals surface area contributed by atoms with Gasteiger partial charge in [-0.3, -0.25) is 0 Å². The van der Waals surface area contributed by atoms with Crippen LogP contribution in [-0.4, -0.2) is 23.1 Å². The average molecular weight is 246 g/mol. The Morgan fingerprint density at radius 1 is 1.17 bits per heavy atom. The lowest BCUT2D eigenvalue weighted by atomic mass is 9.81. The van der Waals surface area contributed by atoms with Crippen LogP contribution >= 0.6 is 0 Å². The number of rotatable bonds is 5. The quantitative estimate of drug-likeness (QED) is 0.837. The minimum Gasteiger partial charge on any atom is -0.381 e. The molecule has 2 aliphatic rings. The van der Waals surface area contributed by atoms with Crippen LogP contribution in [0.1, 0.15) is 61.9 Å². The maximum Gasteiger partial charge on any atom is 0.131 e. The molecule has 1 heterocycles. The molecule has 0 saturated heterocycles. The molecule has 1 aromatic heterocycles. The average Bonchev–Trinajstić information content (AvgIpc) is 2.23. The van der Waals surface area contributed by atoms with E-state index < -0.39 is 0 Å². The van der Waals surface area contributed by atoms with Crippen molar-refractivity contribution in [3.8, 4) is 0 Å². The molecule has 2 saturated carbocycles. The third kappa shape index (κ3) is 2.21. The zero-order valence-electron chi connectivity index (χ0n) is 10.9. The monoisotopic (exact) mass is 246 g/mol. The van der Waals surface area contributed by atoms with Crippen LogP contribution in [0.4, 0.5) is 5.69 Å². The van der Waals surface area contributed by atoms with E-state index in [1.807, 2.05) is 6.20 Å². The van der Waals surface area contributed by atoms with Crippen LogP contribution in [-0.2, 0) is 0 Å². The van der Waals surface area contributed by atoms with E-state index in [0.717, 1.165) is 18.1 Å². The summed E-state index contributed by atoms with van der Waals surface area (Å²) in [6, 6.07) is 0. The molecule has 0 aromatic carbocycles. The molecule has 0 amide bonds. The van der Waals surface area contributed by atoms with Gasteiger partial charge in [-0.25, -0.2) is 9.97 Å². The number of nitrogens with two attached hydrogens (primary N) is 1. The molecule has 3 N–H and O–H groups in total. The Bertz CT molecular complexity index is 410. The molecule has 4 nitrogen and oxygen atoms in total. The van der Waals surface area contributed by atoms with Gasteiger partial charge in [0.1, 0.15) is 5.82 Å². The lowest BCUT2D eigenvalue weighted by molar-refractivity contribution is 0.386. The normalized spacial score (nSPS) is 20.3. The molecule has 0 spiro atoms. The summed E-state index contributed by atoms with van der Waals surface area (Å²) in [4.78, 5) is 9.40. The van der Waals surface area contributed by atoms with E-state index in [4.69, 9.17) is 10.7 Å². The predicted molar refractivity (Wildman–Crippen MR) is 72.8 cm³/mol. The Kier molecular flexibility index (Phi) is 3.46. The zero-order valence-corrected chi connectivity index (χ0v) is 10.9. The largest absolute Gasteiger partial charge is 0.381 e. The van der Waals surface area contributed by atoms with Crippen LogP contribution < -0.4 is 11.1 Å². The highest BCUT2D eigenvalue weighted by Gasteiger charge is 2.27. The smallest absolute Gasteiger partial charge is 0.131 e. The van der Waals surface area contributed by atoms with Crippen molar-refractivity contribution in [3.63, 3.8) is 0 Å². The molecule has 0 atom stereocenters. The Morgan fingerprint density at radius 2 is 1.89 bits per heavy atom. The van der Waals surface area contributed by atoms with Crippen molar-refractivity contribution in [1.82, 2.24) is 9.97 Å². The fourth-order valence-electron chi connectivity index (χ4n) is 2.61. The van der Waals surface area contributed by atoms with Crippen molar-refractivity contribution in [1.29, 1.82) is 0 Å². The van der Waals surface area contributed by atoms with E-state index in [9.17, 15) is 0 Å². The number of nitrogens with one attached hydrogen (secondary N) is 1. The summed E-state index contributed by atoms with van der Waals surface area (Å²) in [6.07, 6.45) is 9.73. The SMILES string of the molecule is NCCNc1cnc(C2CCC2)nc1C1CCC1. The van der Waals surface area contributed by atoms with E-state index >= 15 is 0 Å². The van der Waals surface area contributed by atoms with Gasteiger partial charge in [-0.15, -0.1) is 0 Å². The summed E-state index contributed by atoms with van der Waals surface area (Å²) in [7, 11) is 0. The summed E-state index contributed by atoms with van der Waals surface area (Å²) >= 11 is 0. The van der Waals surface area contributed by atoms with E-state index in [0.29, 0.717) is 18.4 Å². The second-order valence-electron chi connectivity index (χ2n) is 5.50. The first kappa shape index (κ1) is 11.9. The van der Waals surface area contributed by atoms with Gasteiger partial charge < -0.3 is 11.1 Å². The van der Waals surface area contributed by atoms with Crippen LogP contribution in [0, 0.1) is 0 Å². The standard InChI is InChI=1S/C14H22N4/c15-7-8-16-12-9-17-14(11-5-2-6-11)18-13(12)10-3-1-4-10/h9-11,16H,1-8,15H2. The van der Waals surface area contributed by atoms with Crippen molar-refractivity contribution in [2.45, 2.75) is 50.4 Å². The highest BCUT2D eigenvalue weighted by Crippen LogP contribution is 2.40. The molecule has 2 aliphatic carbocycles. The molecule has 0 unspecified atom stereocenters. The number of nitrogens with zero attached hydrogens (tertiary/aromatic N) is 2. The first-order valence-corrected chi connectivity index (χ1v) is 7.19. The fraction of sp³-hybridized carbons (Fsp3) is 0.714. The molecule has 0 radical (unpaired) electrons. The summed E-state index contributed by atoms with van der Waals surface area (Å²) in [5, 5.41) is 3.36. The number of hydrogen-bond acceptors (Lipinski definition) is 4. The van der Waals surface area contributed by atoms with Gasteiger partial charge in [-0.1, -0.05) is 12.8 Å². The number of hydrogen-bond donors (Lipinski definition) is 2. The summed E-state index contributed by atoms with van der Waals surface area (Å²) in [5.74, 6) is 2.33. The maximum atomic E-state index is 5.55. The summed E-state index contributed by atoms with van der Waals surface area (Å²) < 4.78 is 0. The molecular weight excluding hydrogens is 224 g/mol. The third-order valence-corrected chi connectivity index (χ3v) is 4.26. The van der Waals surface area contributed by atoms with Crippen LogP contribution in [0.2, 0.25) is 0 Å². The molecule has 98 valence electrons. The second kappa shape index (κ2) is 5.22. The van der Waals surface area contributed by atoms with Gasteiger partial charge in [-0.2, -0.15) is 0 Å². The molecule has 3 rings (SSSR count). The number of anilines is 1. The number of aromatic nitrogens is 2. The molecule has 0 aliphatic heterocycles. The van der Waals surface area contributed by atoms with Crippen molar-refractivity contribution in [3.05, 3.63) is 17.7 Å². The van der Waals surface area contributed by atoms with Crippen LogP contribution in [0.5, 0.6) is 0 Å². The van der Waals surface area contributed by atoms with Gasteiger partial charge in [0.05, 0.1) is 17.6 Å². The molecule has 4 heteroatoms. The van der Waals surface area contributed by atoms with Crippen molar-refractivity contribution < 1.29 is 0 Å². The maximum absolute atomic E-state index is 5.55. The lowest BCUT2D eigenvalue weighted by Crippen LogP contribution is -2.21. The topological polar surface area (TPSA) is 63.8 Å². The van der Waals surface area contributed by atoms with Gasteiger partial charge in [0, 0.05) is 24.9 Å². The van der Waals surface area contributed by atoms with Gasteiger partial charge in [0.25, 0.3) is 0 Å². The van der Waals surface area contributed by atoms with Crippen molar-refractivity contribution in [2.75, 3.05) is 18.4 Å². The molecule has 2 fully saturated rings. The van der Waals surface area contributed by atoms with E-state index in [1.54, 1.807) is 0 Å².